The van der Waals surface area contributed by atoms with E-state index in [4.69, 9.17) is 9.26 Å². The number of amides is 1. The Bertz CT molecular complexity index is 896. The normalized spacial score (nSPS) is 10.5. The lowest BCUT2D eigenvalue weighted by Crippen LogP contribution is -2.11. The predicted molar refractivity (Wildman–Crippen MR) is 88.7 cm³/mol. The van der Waals surface area contributed by atoms with E-state index >= 15 is 0 Å². The molecule has 25 heavy (non-hydrogen) atoms. The van der Waals surface area contributed by atoms with Crippen molar-refractivity contribution in [3.8, 4) is 5.69 Å². The molecule has 3 aromatic rings. The standard InChI is InChI=1S/C17H16N4O4/c1-3-24-17(23)14-8-9-21(19-14)13-6-4-12(5-7-13)18-16(22)15-10-11(2)20-25-15/h4-10H,3H2,1-2H3,(H,18,22). The summed E-state index contributed by atoms with van der Waals surface area (Å²) in [5.74, 6) is -0.697. The van der Waals surface area contributed by atoms with E-state index in [0.29, 0.717) is 18.0 Å². The Morgan fingerprint density at radius 1 is 1.24 bits per heavy atom. The highest BCUT2D eigenvalue weighted by Gasteiger charge is 2.13. The van der Waals surface area contributed by atoms with Crippen LogP contribution in [0.15, 0.2) is 47.1 Å². The Hall–Kier alpha value is -3.42. The van der Waals surface area contributed by atoms with Gasteiger partial charge in [-0.05, 0) is 44.2 Å². The SMILES string of the molecule is CCOC(=O)c1ccn(-c2ccc(NC(=O)c3cc(C)no3)cc2)n1. The predicted octanol–water partition coefficient (Wildman–Crippen LogP) is 2.60. The van der Waals surface area contributed by atoms with E-state index in [0.717, 1.165) is 5.69 Å². The molecule has 8 heteroatoms. The molecule has 0 unspecified atom stereocenters. The number of ether oxygens (including phenoxy) is 1. The number of nitrogens with one attached hydrogen (secondary N) is 1. The van der Waals surface area contributed by atoms with Gasteiger partial charge < -0.3 is 14.6 Å². The van der Waals surface area contributed by atoms with Gasteiger partial charge in [-0.3, -0.25) is 4.79 Å². The molecule has 2 heterocycles. The summed E-state index contributed by atoms with van der Waals surface area (Å²) in [6.07, 6.45) is 1.66. The van der Waals surface area contributed by atoms with Crippen LogP contribution in [0.4, 0.5) is 5.69 Å². The lowest BCUT2D eigenvalue weighted by Gasteiger charge is -2.05. The van der Waals surface area contributed by atoms with Gasteiger partial charge in [-0.2, -0.15) is 5.10 Å². The van der Waals surface area contributed by atoms with Crippen molar-refractivity contribution in [2.45, 2.75) is 13.8 Å². The van der Waals surface area contributed by atoms with Gasteiger partial charge in [0.05, 0.1) is 18.0 Å². The molecule has 128 valence electrons. The quantitative estimate of drug-likeness (QED) is 0.717. The first-order valence-corrected chi connectivity index (χ1v) is 7.64. The second-order valence-corrected chi connectivity index (χ2v) is 5.20. The molecule has 0 aliphatic heterocycles. The third kappa shape index (κ3) is 3.74. The van der Waals surface area contributed by atoms with Gasteiger partial charge >= 0.3 is 5.97 Å². The molecule has 8 nitrogen and oxygen atoms in total. The number of hydrogen-bond acceptors (Lipinski definition) is 6. The molecule has 0 bridgehead atoms. The van der Waals surface area contributed by atoms with Crippen LogP contribution < -0.4 is 5.32 Å². The van der Waals surface area contributed by atoms with Gasteiger partial charge in [0.25, 0.3) is 5.91 Å². The monoisotopic (exact) mass is 340 g/mol. The molecular weight excluding hydrogens is 324 g/mol. The lowest BCUT2D eigenvalue weighted by atomic mass is 10.2. The molecule has 0 fully saturated rings. The topological polar surface area (TPSA) is 99.2 Å². The smallest absolute Gasteiger partial charge is 0.358 e. The number of esters is 1. The van der Waals surface area contributed by atoms with Gasteiger partial charge in [0.1, 0.15) is 0 Å². The van der Waals surface area contributed by atoms with Crippen LogP contribution in [0.1, 0.15) is 33.7 Å². The highest BCUT2D eigenvalue weighted by molar-refractivity contribution is 6.02. The van der Waals surface area contributed by atoms with Crippen molar-refractivity contribution in [3.05, 3.63) is 59.7 Å². The van der Waals surface area contributed by atoms with Gasteiger partial charge in [0.2, 0.25) is 5.76 Å². The van der Waals surface area contributed by atoms with E-state index in [9.17, 15) is 9.59 Å². The second-order valence-electron chi connectivity index (χ2n) is 5.20. The summed E-state index contributed by atoms with van der Waals surface area (Å²) in [4.78, 5) is 23.6. The lowest BCUT2D eigenvalue weighted by molar-refractivity contribution is 0.0519. The Morgan fingerprint density at radius 2 is 2.00 bits per heavy atom. The zero-order valence-corrected chi connectivity index (χ0v) is 13.7. The molecule has 3 rings (SSSR count). The number of nitrogens with zero attached hydrogens (tertiary/aromatic N) is 3. The van der Waals surface area contributed by atoms with Crippen molar-refractivity contribution in [2.75, 3.05) is 11.9 Å². The number of carbonyl (C=O) groups excluding carboxylic acids is 2. The minimum absolute atomic E-state index is 0.146. The molecule has 1 amide bonds. The maximum Gasteiger partial charge on any atom is 0.358 e. The van der Waals surface area contributed by atoms with Crippen molar-refractivity contribution >= 4 is 17.6 Å². The van der Waals surface area contributed by atoms with Crippen molar-refractivity contribution in [1.82, 2.24) is 14.9 Å². The zero-order chi connectivity index (χ0) is 17.8. The zero-order valence-electron chi connectivity index (χ0n) is 13.7. The van der Waals surface area contributed by atoms with E-state index in [1.54, 1.807) is 61.1 Å². The van der Waals surface area contributed by atoms with Crippen LogP contribution >= 0.6 is 0 Å². The Balaban J connectivity index is 1.70. The molecule has 0 spiro atoms. The molecule has 0 saturated heterocycles. The molecule has 0 aliphatic rings. The fraction of sp³-hybridized carbons (Fsp3) is 0.176. The molecule has 2 aromatic heterocycles. The number of benzene rings is 1. The largest absolute Gasteiger partial charge is 0.461 e. The number of anilines is 1. The third-order valence-electron chi connectivity index (χ3n) is 3.32. The van der Waals surface area contributed by atoms with Crippen molar-refractivity contribution < 1.29 is 18.8 Å². The van der Waals surface area contributed by atoms with E-state index < -0.39 is 5.97 Å². The van der Waals surface area contributed by atoms with E-state index in [1.165, 1.54) is 0 Å². The van der Waals surface area contributed by atoms with Crippen LogP contribution in [0.2, 0.25) is 0 Å². The fourth-order valence-electron chi connectivity index (χ4n) is 2.14. The molecule has 0 aliphatic carbocycles. The maximum absolute atomic E-state index is 12.0. The van der Waals surface area contributed by atoms with E-state index in [2.05, 4.69) is 15.6 Å². The molecule has 1 aromatic carbocycles. The van der Waals surface area contributed by atoms with Gasteiger partial charge in [0, 0.05) is 18.0 Å². The number of aryl methyl sites for hydroxylation is 1. The summed E-state index contributed by atoms with van der Waals surface area (Å²) in [6.45, 7) is 3.77. The summed E-state index contributed by atoms with van der Waals surface area (Å²) in [5.41, 5.74) is 2.21. The first kappa shape index (κ1) is 16.4. The van der Waals surface area contributed by atoms with Gasteiger partial charge in [-0.1, -0.05) is 5.16 Å². The van der Waals surface area contributed by atoms with E-state index in [1.807, 2.05) is 0 Å². The van der Waals surface area contributed by atoms with Crippen LogP contribution in [-0.2, 0) is 4.74 Å². The average molecular weight is 340 g/mol. The Morgan fingerprint density at radius 3 is 2.64 bits per heavy atom. The summed E-state index contributed by atoms with van der Waals surface area (Å²) in [5, 5.41) is 10.6. The Labute approximate surface area is 143 Å². The highest BCUT2D eigenvalue weighted by atomic mass is 16.5. The van der Waals surface area contributed by atoms with Crippen molar-refractivity contribution in [3.63, 3.8) is 0 Å². The minimum atomic E-state index is -0.465. The average Bonchev–Trinajstić information content (AvgIpc) is 3.25. The minimum Gasteiger partial charge on any atom is -0.461 e. The summed E-state index contributed by atoms with van der Waals surface area (Å²) in [6, 6.07) is 10.1. The van der Waals surface area contributed by atoms with Crippen LogP contribution in [0.25, 0.3) is 5.69 Å². The summed E-state index contributed by atoms with van der Waals surface area (Å²) >= 11 is 0. The van der Waals surface area contributed by atoms with Crippen molar-refractivity contribution in [1.29, 1.82) is 0 Å². The molecule has 0 atom stereocenters. The van der Waals surface area contributed by atoms with Crippen LogP contribution in [0.5, 0.6) is 0 Å². The highest BCUT2D eigenvalue weighted by Crippen LogP contribution is 2.15. The number of rotatable bonds is 5. The van der Waals surface area contributed by atoms with Crippen LogP contribution in [0, 0.1) is 6.92 Å². The molecule has 1 N–H and O–H groups in total. The van der Waals surface area contributed by atoms with Gasteiger partial charge in [0.15, 0.2) is 5.69 Å². The number of hydrogen-bond donors (Lipinski definition) is 1. The molecule has 0 radical (unpaired) electrons. The van der Waals surface area contributed by atoms with Gasteiger partial charge in [-0.25, -0.2) is 9.48 Å². The van der Waals surface area contributed by atoms with Gasteiger partial charge in [-0.15, -0.1) is 0 Å². The first-order chi connectivity index (χ1) is 12.1. The summed E-state index contributed by atoms with van der Waals surface area (Å²) in [7, 11) is 0. The molecular formula is C17H16N4O4. The maximum atomic E-state index is 12.0. The third-order valence-corrected chi connectivity index (χ3v) is 3.32. The fourth-order valence-corrected chi connectivity index (χ4v) is 2.14. The van der Waals surface area contributed by atoms with Crippen LogP contribution in [0.3, 0.4) is 0 Å². The Kier molecular flexibility index (Phi) is 4.60. The van der Waals surface area contributed by atoms with E-state index in [-0.39, 0.29) is 17.4 Å². The number of aromatic nitrogens is 3. The van der Waals surface area contributed by atoms with Crippen LogP contribution in [-0.4, -0.2) is 33.4 Å². The second kappa shape index (κ2) is 7.00. The molecule has 0 saturated carbocycles. The summed E-state index contributed by atoms with van der Waals surface area (Å²) < 4.78 is 11.4. The first-order valence-electron chi connectivity index (χ1n) is 7.64. The van der Waals surface area contributed by atoms with Crippen molar-refractivity contribution in [2.24, 2.45) is 0 Å². The number of carbonyl (C=O) groups is 2.